The third-order valence-electron chi connectivity index (χ3n) is 5.09. The monoisotopic (exact) mass is 424 g/mol. The number of benzene rings is 2. The van der Waals surface area contributed by atoms with Crippen molar-refractivity contribution in [2.45, 2.75) is 58.5 Å². The van der Waals surface area contributed by atoms with Crippen molar-refractivity contribution in [2.75, 3.05) is 0 Å². The van der Waals surface area contributed by atoms with Gasteiger partial charge in [0.25, 0.3) is 0 Å². The molecule has 0 saturated heterocycles. The first kappa shape index (κ1) is 23.0. The molecule has 1 unspecified atom stereocenters. The second-order valence-electron chi connectivity index (χ2n) is 7.34. The molecular weight excluding hydrogens is 398 g/mol. The molecule has 1 amide bonds. The van der Waals surface area contributed by atoms with Gasteiger partial charge in [0, 0.05) is 0 Å². The van der Waals surface area contributed by atoms with Gasteiger partial charge in [-0.3, -0.25) is 4.79 Å². The molecule has 2 atom stereocenters. The second kappa shape index (κ2) is 8.59. The third-order valence-corrected chi connectivity index (χ3v) is 6.91. The molecular formula is C21H26F2N2O3S. The summed E-state index contributed by atoms with van der Waals surface area (Å²) in [6.07, 6.45) is 0. The van der Waals surface area contributed by atoms with Crippen LogP contribution in [0, 0.1) is 39.3 Å². The molecule has 2 aromatic carbocycles. The van der Waals surface area contributed by atoms with Crippen molar-refractivity contribution in [1.82, 2.24) is 10.0 Å². The fourth-order valence-corrected chi connectivity index (χ4v) is 4.95. The summed E-state index contributed by atoms with van der Waals surface area (Å²) in [4.78, 5) is 12.7. The van der Waals surface area contributed by atoms with E-state index in [0.29, 0.717) is 16.7 Å². The average Bonchev–Trinajstić information content (AvgIpc) is 2.61. The summed E-state index contributed by atoms with van der Waals surface area (Å²) in [7, 11) is -3.94. The molecule has 0 aliphatic rings. The molecule has 0 radical (unpaired) electrons. The number of halogens is 2. The van der Waals surface area contributed by atoms with E-state index in [1.807, 2.05) is 19.9 Å². The smallest absolute Gasteiger partial charge is 0.241 e. The lowest BCUT2D eigenvalue weighted by Gasteiger charge is -2.21. The Morgan fingerprint density at radius 1 is 0.931 bits per heavy atom. The Labute approximate surface area is 170 Å². The number of sulfonamides is 1. The van der Waals surface area contributed by atoms with Crippen LogP contribution in [0.15, 0.2) is 29.2 Å². The minimum Gasteiger partial charge on any atom is -0.348 e. The maximum Gasteiger partial charge on any atom is 0.241 e. The van der Waals surface area contributed by atoms with Gasteiger partial charge in [-0.2, -0.15) is 4.72 Å². The van der Waals surface area contributed by atoms with Crippen LogP contribution in [0.3, 0.4) is 0 Å². The average molecular weight is 425 g/mol. The highest BCUT2D eigenvalue weighted by Gasteiger charge is 2.27. The van der Waals surface area contributed by atoms with E-state index in [4.69, 9.17) is 0 Å². The molecule has 158 valence electrons. The summed E-state index contributed by atoms with van der Waals surface area (Å²) in [5.41, 5.74) is 3.31. The van der Waals surface area contributed by atoms with E-state index in [-0.39, 0.29) is 4.90 Å². The van der Waals surface area contributed by atoms with Crippen molar-refractivity contribution < 1.29 is 22.0 Å². The molecule has 0 heterocycles. The molecule has 29 heavy (non-hydrogen) atoms. The second-order valence-corrected chi connectivity index (χ2v) is 8.99. The Bertz CT molecular complexity index is 1030. The van der Waals surface area contributed by atoms with E-state index < -0.39 is 39.6 Å². The van der Waals surface area contributed by atoms with Crippen molar-refractivity contribution in [3.05, 3.63) is 63.7 Å². The summed E-state index contributed by atoms with van der Waals surface area (Å²) in [6, 6.07) is 3.56. The first-order valence-corrected chi connectivity index (χ1v) is 10.7. The Morgan fingerprint density at radius 3 is 2.00 bits per heavy atom. The molecule has 2 N–H and O–H groups in total. The Morgan fingerprint density at radius 2 is 1.48 bits per heavy atom. The first-order valence-electron chi connectivity index (χ1n) is 9.20. The van der Waals surface area contributed by atoms with Gasteiger partial charge in [-0.25, -0.2) is 17.2 Å². The van der Waals surface area contributed by atoms with Gasteiger partial charge in [0.2, 0.25) is 15.9 Å². The fourth-order valence-electron chi connectivity index (χ4n) is 3.13. The van der Waals surface area contributed by atoms with Crippen molar-refractivity contribution in [2.24, 2.45) is 0 Å². The number of carbonyl (C=O) groups excluding carboxylic acids is 1. The fraction of sp³-hybridized carbons (Fsp3) is 0.381. The minimum atomic E-state index is -3.94. The normalized spacial score (nSPS) is 13.8. The first-order chi connectivity index (χ1) is 13.3. The number of hydrogen-bond acceptors (Lipinski definition) is 3. The van der Waals surface area contributed by atoms with Gasteiger partial charge in [0.1, 0.15) is 0 Å². The predicted octanol–water partition coefficient (Wildman–Crippen LogP) is 3.74. The number of rotatable bonds is 6. The van der Waals surface area contributed by atoms with Gasteiger partial charge >= 0.3 is 0 Å². The summed E-state index contributed by atoms with van der Waals surface area (Å²) in [5.74, 6) is -2.57. The molecule has 5 nitrogen and oxygen atoms in total. The molecule has 0 fully saturated rings. The summed E-state index contributed by atoms with van der Waals surface area (Å²) < 4.78 is 54.8. The van der Waals surface area contributed by atoms with E-state index in [0.717, 1.165) is 23.3 Å². The molecule has 0 spiro atoms. The maximum absolute atomic E-state index is 13.4. The van der Waals surface area contributed by atoms with Gasteiger partial charge in [-0.1, -0.05) is 12.1 Å². The molecule has 0 aliphatic heterocycles. The van der Waals surface area contributed by atoms with Gasteiger partial charge in [0.05, 0.1) is 17.0 Å². The maximum atomic E-state index is 13.4. The van der Waals surface area contributed by atoms with Gasteiger partial charge in [-0.15, -0.1) is 0 Å². The lowest BCUT2D eigenvalue weighted by atomic mass is 10.0. The molecule has 0 bridgehead atoms. The van der Waals surface area contributed by atoms with E-state index >= 15 is 0 Å². The number of hydrogen-bond donors (Lipinski definition) is 2. The molecule has 0 aromatic heterocycles. The van der Waals surface area contributed by atoms with Crippen LogP contribution in [0.25, 0.3) is 0 Å². The van der Waals surface area contributed by atoms with E-state index in [2.05, 4.69) is 10.0 Å². The number of aryl methyl sites for hydroxylation is 2. The number of carbonyl (C=O) groups is 1. The molecule has 8 heteroatoms. The highest BCUT2D eigenvalue weighted by Crippen LogP contribution is 2.26. The molecule has 2 rings (SSSR count). The predicted molar refractivity (Wildman–Crippen MR) is 108 cm³/mol. The van der Waals surface area contributed by atoms with Gasteiger partial charge < -0.3 is 5.32 Å². The van der Waals surface area contributed by atoms with Crippen LogP contribution in [-0.2, 0) is 14.8 Å². The molecule has 2 aromatic rings. The number of amides is 1. The van der Waals surface area contributed by atoms with Crippen molar-refractivity contribution in [1.29, 1.82) is 0 Å². The van der Waals surface area contributed by atoms with E-state index in [9.17, 15) is 22.0 Å². The van der Waals surface area contributed by atoms with Crippen LogP contribution < -0.4 is 10.0 Å². The van der Waals surface area contributed by atoms with Gasteiger partial charge in [0.15, 0.2) is 11.6 Å². The topological polar surface area (TPSA) is 75.3 Å². The summed E-state index contributed by atoms with van der Waals surface area (Å²) >= 11 is 0. The lowest BCUT2D eigenvalue weighted by Crippen LogP contribution is -2.45. The van der Waals surface area contributed by atoms with E-state index in [1.54, 1.807) is 20.8 Å². The summed E-state index contributed by atoms with van der Waals surface area (Å²) in [5, 5.41) is 2.61. The Balaban J connectivity index is 2.19. The van der Waals surface area contributed by atoms with E-state index in [1.165, 1.54) is 13.0 Å². The SMILES string of the molecule is Cc1cc(C)c(C)c(S(=O)(=O)N[C@@H](C)C(=O)NC(C)c2ccc(F)c(F)c2)c1C. The summed E-state index contributed by atoms with van der Waals surface area (Å²) in [6.45, 7) is 10.2. The van der Waals surface area contributed by atoms with Crippen LogP contribution in [0.1, 0.15) is 47.7 Å². The Hall–Kier alpha value is -2.32. The lowest BCUT2D eigenvalue weighted by molar-refractivity contribution is -0.123. The molecule has 0 aliphatic carbocycles. The minimum absolute atomic E-state index is 0.170. The largest absolute Gasteiger partial charge is 0.348 e. The zero-order chi connectivity index (χ0) is 22.1. The standard InChI is InChI=1S/C21H26F2N2O3S/c1-11-9-12(2)14(4)20(13(11)3)29(27,28)25-16(6)21(26)24-15(5)17-7-8-18(22)19(23)10-17/h7-10,15-16,25H,1-6H3,(H,24,26)/t15?,16-/m0/s1. The zero-order valence-corrected chi connectivity index (χ0v) is 18.2. The highest BCUT2D eigenvalue weighted by molar-refractivity contribution is 7.89. The van der Waals surface area contributed by atoms with Gasteiger partial charge in [-0.05, 0) is 81.5 Å². The third kappa shape index (κ3) is 5.00. The van der Waals surface area contributed by atoms with Crippen LogP contribution in [0.4, 0.5) is 8.78 Å². The number of nitrogens with one attached hydrogen (secondary N) is 2. The van der Waals surface area contributed by atoms with Crippen molar-refractivity contribution in [3.63, 3.8) is 0 Å². The quantitative estimate of drug-likeness (QED) is 0.742. The van der Waals surface area contributed by atoms with Crippen molar-refractivity contribution >= 4 is 15.9 Å². The zero-order valence-electron chi connectivity index (χ0n) is 17.4. The van der Waals surface area contributed by atoms with Crippen LogP contribution in [0.5, 0.6) is 0 Å². The Kier molecular flexibility index (Phi) is 6.80. The van der Waals surface area contributed by atoms with Crippen LogP contribution in [0.2, 0.25) is 0 Å². The highest BCUT2D eigenvalue weighted by atomic mass is 32.2. The van der Waals surface area contributed by atoms with Crippen LogP contribution in [-0.4, -0.2) is 20.4 Å². The molecule has 0 saturated carbocycles. The van der Waals surface area contributed by atoms with Crippen molar-refractivity contribution in [3.8, 4) is 0 Å². The van der Waals surface area contributed by atoms with Crippen LogP contribution >= 0.6 is 0 Å².